The Morgan fingerprint density at radius 1 is 0.824 bits per heavy atom. The molecule has 0 spiro atoms. The first-order valence-corrected chi connectivity index (χ1v) is 12.9. The number of ketones is 1. The number of carbonyl (C=O) groups excluding carboxylic acids is 1. The van der Waals surface area contributed by atoms with E-state index in [1.54, 1.807) is 6.92 Å². The Balaban J connectivity index is 1.68. The van der Waals surface area contributed by atoms with Crippen molar-refractivity contribution < 1.29 is 4.79 Å². The van der Waals surface area contributed by atoms with Crippen LogP contribution in [0, 0.1) is 37.5 Å². The van der Waals surface area contributed by atoms with E-state index < -0.39 is 0 Å². The van der Waals surface area contributed by atoms with Gasteiger partial charge in [0.05, 0.1) is 0 Å². The van der Waals surface area contributed by atoms with Gasteiger partial charge in [-0.15, -0.1) is 0 Å². The van der Waals surface area contributed by atoms with Crippen molar-refractivity contribution in [1.29, 1.82) is 0 Å². The highest BCUT2D eigenvalue weighted by Gasteiger charge is 2.45. The van der Waals surface area contributed by atoms with Crippen LogP contribution < -0.4 is 0 Å². The number of rotatable bonds is 6. The van der Waals surface area contributed by atoms with Crippen LogP contribution in [-0.4, -0.2) is 5.78 Å². The Kier molecular flexibility index (Phi) is 7.12. The molecular weight excluding hydrogens is 412 g/mol. The molecule has 4 rings (SSSR count). The Labute approximate surface area is 206 Å². The van der Waals surface area contributed by atoms with Crippen LogP contribution in [0.25, 0.3) is 0 Å². The van der Waals surface area contributed by atoms with Crippen LogP contribution >= 0.6 is 0 Å². The highest BCUT2D eigenvalue weighted by Crippen LogP contribution is 2.51. The van der Waals surface area contributed by atoms with Crippen LogP contribution in [0.15, 0.2) is 72.8 Å². The van der Waals surface area contributed by atoms with Crippen LogP contribution in [0.1, 0.15) is 78.7 Å². The number of hydrogen-bond acceptors (Lipinski definition) is 1. The van der Waals surface area contributed by atoms with Gasteiger partial charge in [-0.2, -0.15) is 0 Å². The summed E-state index contributed by atoms with van der Waals surface area (Å²) in [6, 6.07) is 26.5. The summed E-state index contributed by atoms with van der Waals surface area (Å²) >= 11 is 0. The van der Waals surface area contributed by atoms with E-state index in [9.17, 15) is 4.79 Å². The van der Waals surface area contributed by atoms with Gasteiger partial charge < -0.3 is 0 Å². The van der Waals surface area contributed by atoms with Gasteiger partial charge in [0.1, 0.15) is 0 Å². The highest BCUT2D eigenvalue weighted by atomic mass is 16.1. The van der Waals surface area contributed by atoms with Gasteiger partial charge >= 0.3 is 0 Å². The molecule has 5 atom stereocenters. The molecule has 2 unspecified atom stereocenters. The maximum Gasteiger partial charge on any atom is 0.159 e. The molecule has 1 aliphatic carbocycles. The number of carbonyl (C=O) groups is 1. The SMILES string of the molecule is CC(=O)c1ccc([C@](C)(c2cccc(C)c2)C2C[C@@H](C)C(Cc3cccc(C)c3)C[C@@H]2C)cc1. The minimum Gasteiger partial charge on any atom is -0.295 e. The molecule has 0 aliphatic heterocycles. The summed E-state index contributed by atoms with van der Waals surface area (Å²) in [5, 5.41) is 0. The van der Waals surface area contributed by atoms with Gasteiger partial charge in [-0.3, -0.25) is 4.79 Å². The predicted octanol–water partition coefficient (Wildman–Crippen LogP) is 8.35. The second-order valence-electron chi connectivity index (χ2n) is 11.2. The summed E-state index contributed by atoms with van der Waals surface area (Å²) in [4.78, 5) is 11.9. The normalized spacial score (nSPS) is 24.4. The van der Waals surface area contributed by atoms with Gasteiger partial charge in [0, 0.05) is 11.0 Å². The summed E-state index contributed by atoms with van der Waals surface area (Å²) in [5.74, 6) is 2.67. The molecule has 0 bridgehead atoms. The third-order valence-corrected chi connectivity index (χ3v) is 8.62. The van der Waals surface area contributed by atoms with Crippen molar-refractivity contribution in [3.63, 3.8) is 0 Å². The van der Waals surface area contributed by atoms with Gasteiger partial charge in [-0.05, 0) is 80.4 Å². The van der Waals surface area contributed by atoms with Crippen molar-refractivity contribution in [1.82, 2.24) is 0 Å². The van der Waals surface area contributed by atoms with Crippen LogP contribution in [0.2, 0.25) is 0 Å². The molecule has 3 aromatic rings. The molecule has 3 aromatic carbocycles. The number of hydrogen-bond donors (Lipinski definition) is 0. The summed E-state index contributed by atoms with van der Waals surface area (Å²) in [6.07, 6.45) is 3.65. The van der Waals surface area contributed by atoms with Crippen LogP contribution in [0.4, 0.5) is 0 Å². The van der Waals surface area contributed by atoms with Crippen molar-refractivity contribution in [2.24, 2.45) is 23.7 Å². The van der Waals surface area contributed by atoms with E-state index >= 15 is 0 Å². The first-order chi connectivity index (χ1) is 16.2. The largest absolute Gasteiger partial charge is 0.295 e. The Morgan fingerprint density at radius 2 is 1.47 bits per heavy atom. The number of aryl methyl sites for hydroxylation is 2. The number of benzene rings is 3. The molecule has 1 heteroatoms. The van der Waals surface area contributed by atoms with E-state index in [2.05, 4.69) is 95.3 Å². The zero-order chi connectivity index (χ0) is 24.5. The van der Waals surface area contributed by atoms with Crippen molar-refractivity contribution >= 4 is 5.78 Å². The smallest absolute Gasteiger partial charge is 0.159 e. The van der Waals surface area contributed by atoms with Crippen molar-refractivity contribution in [3.05, 3.63) is 106 Å². The second-order valence-corrected chi connectivity index (χ2v) is 11.2. The fourth-order valence-corrected chi connectivity index (χ4v) is 6.54. The average Bonchev–Trinajstić information content (AvgIpc) is 2.81. The fourth-order valence-electron chi connectivity index (χ4n) is 6.54. The Morgan fingerprint density at radius 3 is 2.09 bits per heavy atom. The van der Waals surface area contributed by atoms with Crippen LogP contribution in [-0.2, 0) is 11.8 Å². The van der Waals surface area contributed by atoms with E-state index in [4.69, 9.17) is 0 Å². The van der Waals surface area contributed by atoms with Gasteiger partial charge in [-0.25, -0.2) is 0 Å². The van der Waals surface area contributed by atoms with Crippen molar-refractivity contribution in [3.8, 4) is 0 Å². The number of Topliss-reactive ketones (excluding diaryl/α,β-unsaturated/α-hetero) is 1. The lowest BCUT2D eigenvalue weighted by Gasteiger charge is -2.49. The zero-order valence-corrected chi connectivity index (χ0v) is 21.8. The second kappa shape index (κ2) is 9.90. The molecule has 0 heterocycles. The zero-order valence-electron chi connectivity index (χ0n) is 21.8. The molecule has 1 fully saturated rings. The molecule has 0 amide bonds. The summed E-state index contributed by atoms with van der Waals surface area (Å²) in [6.45, 7) is 13.4. The molecule has 1 saturated carbocycles. The van der Waals surface area contributed by atoms with E-state index in [1.165, 1.54) is 47.1 Å². The van der Waals surface area contributed by atoms with E-state index in [0.717, 1.165) is 11.5 Å². The molecule has 0 N–H and O–H groups in total. The van der Waals surface area contributed by atoms with E-state index in [0.29, 0.717) is 17.8 Å². The predicted molar refractivity (Wildman–Crippen MR) is 144 cm³/mol. The van der Waals surface area contributed by atoms with E-state index in [1.807, 2.05) is 12.1 Å². The molecule has 0 radical (unpaired) electrons. The minimum absolute atomic E-state index is 0.0939. The minimum atomic E-state index is -0.0939. The lowest BCUT2D eigenvalue weighted by molar-refractivity contribution is 0.0901. The molecular formula is C33H40O. The molecule has 1 nitrogen and oxygen atoms in total. The standard InChI is InChI=1S/C33H40O/c1-22-9-7-11-27(17-22)21-29-19-25(4)32(20-24(29)3)33(6,31-12-8-10-23(2)18-31)30-15-13-28(14-16-30)26(5)34/h7-18,24-25,29,32H,19-21H2,1-6H3/t24-,25+,29?,32?,33-/m1/s1. The van der Waals surface area contributed by atoms with E-state index in [-0.39, 0.29) is 11.2 Å². The maximum atomic E-state index is 11.9. The first kappa shape index (κ1) is 24.5. The molecule has 1 aliphatic rings. The van der Waals surface area contributed by atoms with Crippen LogP contribution in [0.5, 0.6) is 0 Å². The summed E-state index contributed by atoms with van der Waals surface area (Å²) in [7, 11) is 0. The van der Waals surface area contributed by atoms with Gasteiger partial charge in [0.15, 0.2) is 5.78 Å². The first-order valence-electron chi connectivity index (χ1n) is 12.9. The Bertz CT molecular complexity index is 1140. The average molecular weight is 453 g/mol. The van der Waals surface area contributed by atoms with Crippen LogP contribution in [0.3, 0.4) is 0 Å². The molecule has 34 heavy (non-hydrogen) atoms. The molecule has 0 saturated heterocycles. The maximum absolute atomic E-state index is 11.9. The third-order valence-electron chi connectivity index (χ3n) is 8.62. The monoisotopic (exact) mass is 452 g/mol. The molecule has 178 valence electrons. The topological polar surface area (TPSA) is 17.1 Å². The highest BCUT2D eigenvalue weighted by molar-refractivity contribution is 5.94. The quantitative estimate of drug-likeness (QED) is 0.343. The van der Waals surface area contributed by atoms with Gasteiger partial charge in [0.25, 0.3) is 0 Å². The lowest BCUT2D eigenvalue weighted by atomic mass is 9.55. The lowest BCUT2D eigenvalue weighted by Crippen LogP contribution is -2.43. The van der Waals surface area contributed by atoms with Crippen molar-refractivity contribution in [2.75, 3.05) is 0 Å². The van der Waals surface area contributed by atoms with Gasteiger partial charge in [-0.1, -0.05) is 105 Å². The third kappa shape index (κ3) is 4.90. The van der Waals surface area contributed by atoms with Gasteiger partial charge in [0.2, 0.25) is 0 Å². The van der Waals surface area contributed by atoms with Crippen molar-refractivity contribution in [2.45, 2.75) is 66.2 Å². The fraction of sp³-hybridized carbons (Fsp3) is 0.424. The summed E-state index contributed by atoms with van der Waals surface area (Å²) in [5.41, 5.74) is 7.55. The molecule has 0 aromatic heterocycles. The Hall–Kier alpha value is -2.67. The summed E-state index contributed by atoms with van der Waals surface area (Å²) < 4.78 is 0.